The van der Waals surface area contributed by atoms with E-state index in [1.54, 1.807) is 5.56 Å². The standard InChI is InChI=1S/C17H26O.CH4/c1-14-6-4-7-15(2)16(14)8-5-9-17(3)10-12-18-13-11-17;/h4,6-7H,5,8-13H2,1-3H3;1H4. The van der Waals surface area contributed by atoms with E-state index in [2.05, 4.69) is 39.0 Å². The maximum atomic E-state index is 5.47. The number of hydrogen-bond acceptors (Lipinski definition) is 1. The average Bonchev–Trinajstić information content (AvgIpc) is 2.34. The summed E-state index contributed by atoms with van der Waals surface area (Å²) >= 11 is 0. The Balaban J connectivity index is 0.00000180. The van der Waals surface area contributed by atoms with Gasteiger partial charge in [-0.1, -0.05) is 32.5 Å². The van der Waals surface area contributed by atoms with E-state index in [1.165, 1.54) is 43.2 Å². The average molecular weight is 262 g/mol. The third-order valence-electron chi connectivity index (χ3n) is 4.55. The summed E-state index contributed by atoms with van der Waals surface area (Å²) in [4.78, 5) is 0. The normalized spacial score (nSPS) is 17.8. The van der Waals surface area contributed by atoms with Gasteiger partial charge in [0.2, 0.25) is 0 Å². The Morgan fingerprint density at radius 2 is 1.68 bits per heavy atom. The van der Waals surface area contributed by atoms with Crippen LogP contribution in [0.4, 0.5) is 0 Å². The van der Waals surface area contributed by atoms with Crippen LogP contribution in [-0.2, 0) is 11.2 Å². The predicted octanol–water partition coefficient (Wildman–Crippen LogP) is 5.08. The van der Waals surface area contributed by atoms with Crippen LogP contribution in [0.1, 0.15) is 56.7 Å². The molecule has 0 spiro atoms. The molecule has 1 aliphatic heterocycles. The lowest BCUT2D eigenvalue weighted by molar-refractivity contribution is 0.0189. The number of hydrogen-bond donors (Lipinski definition) is 0. The second-order valence-corrected chi connectivity index (χ2v) is 6.15. The lowest BCUT2D eigenvalue weighted by Gasteiger charge is -2.33. The summed E-state index contributed by atoms with van der Waals surface area (Å²) in [6.45, 7) is 8.82. The fourth-order valence-electron chi connectivity index (χ4n) is 3.05. The van der Waals surface area contributed by atoms with E-state index in [4.69, 9.17) is 4.74 Å². The zero-order valence-corrected chi connectivity index (χ0v) is 12.1. The Bertz CT molecular complexity index is 368. The van der Waals surface area contributed by atoms with Gasteiger partial charge in [0.1, 0.15) is 0 Å². The summed E-state index contributed by atoms with van der Waals surface area (Å²) in [5, 5.41) is 0. The van der Waals surface area contributed by atoms with Crippen molar-refractivity contribution in [3.63, 3.8) is 0 Å². The minimum Gasteiger partial charge on any atom is -0.381 e. The first kappa shape index (κ1) is 16.2. The van der Waals surface area contributed by atoms with Gasteiger partial charge in [-0.15, -0.1) is 0 Å². The van der Waals surface area contributed by atoms with Gasteiger partial charge in [0, 0.05) is 13.2 Å². The number of ether oxygens (including phenoxy) is 1. The van der Waals surface area contributed by atoms with Crippen molar-refractivity contribution in [2.75, 3.05) is 13.2 Å². The maximum Gasteiger partial charge on any atom is 0.0471 e. The van der Waals surface area contributed by atoms with Crippen LogP contribution in [-0.4, -0.2) is 13.2 Å². The van der Waals surface area contributed by atoms with Gasteiger partial charge in [0.15, 0.2) is 0 Å². The van der Waals surface area contributed by atoms with Gasteiger partial charge in [-0.3, -0.25) is 0 Å². The van der Waals surface area contributed by atoms with Crippen LogP contribution in [0.2, 0.25) is 0 Å². The molecule has 2 rings (SSSR count). The highest BCUT2D eigenvalue weighted by Crippen LogP contribution is 2.35. The first-order valence-corrected chi connectivity index (χ1v) is 7.24. The summed E-state index contributed by atoms with van der Waals surface area (Å²) in [7, 11) is 0. The Morgan fingerprint density at radius 3 is 2.26 bits per heavy atom. The van der Waals surface area contributed by atoms with Gasteiger partial charge in [-0.2, -0.15) is 0 Å². The molecule has 1 aliphatic rings. The van der Waals surface area contributed by atoms with Crippen molar-refractivity contribution in [2.24, 2.45) is 5.41 Å². The Hall–Kier alpha value is -0.820. The second kappa shape index (κ2) is 7.09. The Morgan fingerprint density at radius 1 is 1.11 bits per heavy atom. The number of aryl methyl sites for hydroxylation is 2. The van der Waals surface area contributed by atoms with Gasteiger partial charge < -0.3 is 4.74 Å². The molecule has 1 fully saturated rings. The molecule has 1 aromatic rings. The van der Waals surface area contributed by atoms with Crippen LogP contribution >= 0.6 is 0 Å². The molecule has 0 atom stereocenters. The summed E-state index contributed by atoms with van der Waals surface area (Å²) < 4.78 is 5.47. The molecule has 0 N–H and O–H groups in total. The van der Waals surface area contributed by atoms with Crippen LogP contribution in [0.3, 0.4) is 0 Å². The molecule has 0 bridgehead atoms. The quantitative estimate of drug-likeness (QED) is 0.735. The minimum absolute atomic E-state index is 0. The van der Waals surface area contributed by atoms with Crippen molar-refractivity contribution in [3.05, 3.63) is 34.9 Å². The summed E-state index contributed by atoms with van der Waals surface area (Å²) in [5.41, 5.74) is 4.99. The predicted molar refractivity (Wildman–Crippen MR) is 83.7 cm³/mol. The van der Waals surface area contributed by atoms with Crippen molar-refractivity contribution < 1.29 is 4.74 Å². The molecule has 19 heavy (non-hydrogen) atoms. The maximum absolute atomic E-state index is 5.47. The van der Waals surface area contributed by atoms with E-state index in [1.807, 2.05) is 0 Å². The lowest BCUT2D eigenvalue weighted by atomic mass is 9.77. The highest BCUT2D eigenvalue weighted by molar-refractivity contribution is 5.33. The van der Waals surface area contributed by atoms with Crippen LogP contribution in [0.25, 0.3) is 0 Å². The minimum atomic E-state index is 0. The molecule has 0 aromatic heterocycles. The van der Waals surface area contributed by atoms with Crippen LogP contribution in [0.5, 0.6) is 0 Å². The fourth-order valence-corrected chi connectivity index (χ4v) is 3.05. The van der Waals surface area contributed by atoms with E-state index in [0.29, 0.717) is 5.41 Å². The molecule has 0 radical (unpaired) electrons. The van der Waals surface area contributed by atoms with E-state index < -0.39 is 0 Å². The van der Waals surface area contributed by atoms with Gasteiger partial charge in [-0.05, 0) is 68.1 Å². The van der Waals surface area contributed by atoms with E-state index >= 15 is 0 Å². The third-order valence-corrected chi connectivity index (χ3v) is 4.55. The molecule has 1 nitrogen and oxygen atoms in total. The molecule has 0 amide bonds. The molecule has 108 valence electrons. The molecule has 1 saturated heterocycles. The molecular weight excluding hydrogens is 232 g/mol. The zero-order valence-electron chi connectivity index (χ0n) is 12.1. The molecule has 1 heteroatoms. The van der Waals surface area contributed by atoms with Crippen molar-refractivity contribution in [1.29, 1.82) is 0 Å². The second-order valence-electron chi connectivity index (χ2n) is 6.15. The van der Waals surface area contributed by atoms with Crippen molar-refractivity contribution in [1.82, 2.24) is 0 Å². The smallest absolute Gasteiger partial charge is 0.0471 e. The first-order valence-electron chi connectivity index (χ1n) is 7.24. The molecule has 0 aliphatic carbocycles. The molecule has 1 aromatic carbocycles. The van der Waals surface area contributed by atoms with Crippen LogP contribution < -0.4 is 0 Å². The molecule has 1 heterocycles. The molecular formula is C18H30O. The van der Waals surface area contributed by atoms with Crippen LogP contribution in [0, 0.1) is 19.3 Å². The van der Waals surface area contributed by atoms with E-state index in [9.17, 15) is 0 Å². The zero-order chi connectivity index (χ0) is 13.0. The summed E-state index contributed by atoms with van der Waals surface area (Å²) in [5.74, 6) is 0. The summed E-state index contributed by atoms with van der Waals surface area (Å²) in [6, 6.07) is 6.63. The largest absolute Gasteiger partial charge is 0.381 e. The molecule has 0 saturated carbocycles. The highest BCUT2D eigenvalue weighted by Gasteiger charge is 2.26. The number of rotatable bonds is 4. The van der Waals surface area contributed by atoms with Gasteiger partial charge in [-0.25, -0.2) is 0 Å². The topological polar surface area (TPSA) is 9.23 Å². The van der Waals surface area contributed by atoms with Gasteiger partial charge >= 0.3 is 0 Å². The Labute approximate surface area is 119 Å². The fraction of sp³-hybridized carbons (Fsp3) is 0.667. The SMILES string of the molecule is C.Cc1cccc(C)c1CCCC1(C)CCOCC1. The highest BCUT2D eigenvalue weighted by atomic mass is 16.5. The third kappa shape index (κ3) is 4.35. The van der Waals surface area contributed by atoms with Gasteiger partial charge in [0.05, 0.1) is 0 Å². The van der Waals surface area contributed by atoms with Crippen molar-refractivity contribution in [3.8, 4) is 0 Å². The first-order chi connectivity index (χ1) is 8.61. The number of benzene rings is 1. The van der Waals surface area contributed by atoms with Crippen molar-refractivity contribution >= 4 is 0 Å². The van der Waals surface area contributed by atoms with Crippen LogP contribution in [0.15, 0.2) is 18.2 Å². The monoisotopic (exact) mass is 262 g/mol. The molecule has 0 unspecified atom stereocenters. The van der Waals surface area contributed by atoms with E-state index in [0.717, 1.165) is 13.2 Å². The van der Waals surface area contributed by atoms with E-state index in [-0.39, 0.29) is 7.43 Å². The lowest BCUT2D eigenvalue weighted by Crippen LogP contribution is -2.26. The van der Waals surface area contributed by atoms with Gasteiger partial charge in [0.25, 0.3) is 0 Å². The van der Waals surface area contributed by atoms with Crippen molar-refractivity contribution in [2.45, 2.75) is 60.3 Å². The Kier molecular flexibility index (Phi) is 6.06. The summed E-state index contributed by atoms with van der Waals surface area (Å²) in [6.07, 6.45) is 6.35.